The highest BCUT2D eigenvalue weighted by atomic mass is 35.5. The Kier molecular flexibility index (Phi) is 6.12. The zero-order valence-electron chi connectivity index (χ0n) is 15.1. The molecule has 1 saturated carbocycles. The molecule has 1 fully saturated rings. The minimum absolute atomic E-state index is 0.128. The lowest BCUT2D eigenvalue weighted by Crippen LogP contribution is -2.26. The number of carbonyl (C=O) groups excluding carboxylic acids is 1. The Labute approximate surface area is 160 Å². The number of ketones is 1. The molecule has 0 aliphatic heterocycles. The number of Topliss-reactive ketones (excluding diaryl/α,β-unsaturated/α-hetero) is 1. The summed E-state index contributed by atoms with van der Waals surface area (Å²) in [5.41, 5.74) is 4.18. The van der Waals surface area contributed by atoms with Crippen molar-refractivity contribution in [3.63, 3.8) is 0 Å². The molecule has 1 unspecified atom stereocenters. The third kappa shape index (κ3) is 4.54. The molecule has 0 aromatic heterocycles. The first-order valence-electron chi connectivity index (χ1n) is 9.31. The fourth-order valence-electron chi connectivity index (χ4n) is 3.85. The zero-order valence-corrected chi connectivity index (χ0v) is 15.9. The Hall–Kier alpha value is -2.11. The molecule has 2 aromatic rings. The zero-order chi connectivity index (χ0) is 18.5. The van der Waals surface area contributed by atoms with Crippen LogP contribution in [-0.2, 0) is 11.2 Å². The van der Waals surface area contributed by atoms with E-state index in [0.717, 1.165) is 43.2 Å². The highest BCUT2D eigenvalue weighted by Gasteiger charge is 2.28. The minimum Gasteiger partial charge on any atom is -0.300 e. The molecule has 1 atom stereocenters. The summed E-state index contributed by atoms with van der Waals surface area (Å²) in [5, 5.41) is 9.02. The summed E-state index contributed by atoms with van der Waals surface area (Å²) < 4.78 is 0. The van der Waals surface area contributed by atoms with E-state index in [9.17, 15) is 4.79 Å². The van der Waals surface area contributed by atoms with Gasteiger partial charge in [-0.2, -0.15) is 5.26 Å². The van der Waals surface area contributed by atoms with E-state index >= 15 is 0 Å². The van der Waals surface area contributed by atoms with Crippen LogP contribution in [0.4, 0.5) is 0 Å². The van der Waals surface area contributed by atoms with Gasteiger partial charge in [-0.15, -0.1) is 11.6 Å². The van der Waals surface area contributed by atoms with E-state index in [1.807, 2.05) is 24.3 Å². The topological polar surface area (TPSA) is 40.9 Å². The minimum atomic E-state index is 0.128. The third-order valence-electron chi connectivity index (χ3n) is 5.59. The van der Waals surface area contributed by atoms with Gasteiger partial charge in [-0.05, 0) is 73.8 Å². The molecule has 0 saturated heterocycles. The number of alkyl halides is 1. The van der Waals surface area contributed by atoms with Crippen LogP contribution in [0.15, 0.2) is 48.5 Å². The van der Waals surface area contributed by atoms with E-state index in [4.69, 9.17) is 16.9 Å². The first-order valence-corrected chi connectivity index (χ1v) is 9.74. The van der Waals surface area contributed by atoms with E-state index in [1.165, 1.54) is 5.56 Å². The van der Waals surface area contributed by atoms with Gasteiger partial charge in [-0.25, -0.2) is 0 Å². The highest BCUT2D eigenvalue weighted by Crippen LogP contribution is 2.34. The molecule has 26 heavy (non-hydrogen) atoms. The largest absolute Gasteiger partial charge is 0.300 e. The molecule has 3 heteroatoms. The van der Waals surface area contributed by atoms with E-state index in [2.05, 4.69) is 30.3 Å². The fraction of sp³-hybridized carbons (Fsp3) is 0.391. The Morgan fingerprint density at radius 1 is 1.04 bits per heavy atom. The summed E-state index contributed by atoms with van der Waals surface area (Å²) in [6.45, 7) is 1.71. The van der Waals surface area contributed by atoms with Crippen molar-refractivity contribution in [3.05, 3.63) is 59.7 Å². The lowest BCUT2D eigenvalue weighted by Gasteiger charge is -2.30. The number of carbonyl (C=O) groups is 1. The van der Waals surface area contributed by atoms with Gasteiger partial charge < -0.3 is 0 Å². The standard InChI is InChI=1S/C23H24ClNO/c1-16(26)19-10-12-22(13-11-19)23(24)14-17-2-6-20(7-3-17)21-8-4-18(15-25)5-9-21/h2-9,19,22-23H,10-14H2,1H3. The number of rotatable bonds is 5. The van der Waals surface area contributed by atoms with Gasteiger partial charge in [-0.1, -0.05) is 36.4 Å². The molecule has 2 nitrogen and oxygen atoms in total. The lowest BCUT2D eigenvalue weighted by atomic mass is 9.78. The van der Waals surface area contributed by atoms with Crippen molar-refractivity contribution in [2.45, 2.75) is 44.4 Å². The smallest absolute Gasteiger partial charge is 0.132 e. The van der Waals surface area contributed by atoms with E-state index < -0.39 is 0 Å². The first-order chi connectivity index (χ1) is 12.6. The summed E-state index contributed by atoms with van der Waals surface area (Å²) in [6.07, 6.45) is 4.95. The fourth-order valence-corrected chi connectivity index (χ4v) is 4.28. The number of nitrogens with zero attached hydrogens (tertiary/aromatic N) is 1. The van der Waals surface area contributed by atoms with Crippen LogP contribution in [0.3, 0.4) is 0 Å². The monoisotopic (exact) mass is 365 g/mol. The summed E-state index contributed by atoms with van der Waals surface area (Å²) in [7, 11) is 0. The van der Waals surface area contributed by atoms with Gasteiger partial charge in [0.15, 0.2) is 0 Å². The van der Waals surface area contributed by atoms with Crippen LogP contribution in [0.5, 0.6) is 0 Å². The van der Waals surface area contributed by atoms with Crippen LogP contribution in [0.1, 0.15) is 43.7 Å². The Morgan fingerprint density at radius 2 is 1.58 bits per heavy atom. The van der Waals surface area contributed by atoms with Gasteiger partial charge in [0.05, 0.1) is 11.6 Å². The lowest BCUT2D eigenvalue weighted by molar-refractivity contribution is -0.121. The Bertz CT molecular complexity index is 780. The predicted octanol–water partition coefficient (Wildman–Crippen LogP) is 5.77. The van der Waals surface area contributed by atoms with Crippen LogP contribution >= 0.6 is 11.6 Å². The average Bonchev–Trinajstić information content (AvgIpc) is 2.68. The normalized spacial score (nSPS) is 21.0. The van der Waals surface area contributed by atoms with E-state index in [-0.39, 0.29) is 11.3 Å². The van der Waals surface area contributed by atoms with Crippen molar-refractivity contribution in [2.75, 3.05) is 0 Å². The number of hydrogen-bond donors (Lipinski definition) is 0. The van der Waals surface area contributed by atoms with Gasteiger partial charge >= 0.3 is 0 Å². The molecule has 1 aliphatic carbocycles. The molecule has 0 radical (unpaired) electrons. The molecule has 2 aromatic carbocycles. The van der Waals surface area contributed by atoms with Crippen molar-refractivity contribution in [1.82, 2.24) is 0 Å². The summed E-state index contributed by atoms with van der Waals surface area (Å²) in [4.78, 5) is 11.5. The van der Waals surface area contributed by atoms with Gasteiger partial charge in [-0.3, -0.25) is 4.79 Å². The maximum absolute atomic E-state index is 11.5. The van der Waals surface area contributed by atoms with Gasteiger partial charge in [0.25, 0.3) is 0 Å². The Balaban J connectivity index is 1.58. The average molecular weight is 366 g/mol. The molecule has 1 aliphatic rings. The van der Waals surface area contributed by atoms with Crippen molar-refractivity contribution >= 4 is 17.4 Å². The first kappa shape index (κ1) is 18.7. The predicted molar refractivity (Wildman–Crippen MR) is 106 cm³/mol. The van der Waals surface area contributed by atoms with Crippen molar-refractivity contribution in [3.8, 4) is 17.2 Å². The van der Waals surface area contributed by atoms with E-state index in [1.54, 1.807) is 6.92 Å². The molecular formula is C23H24ClNO. The van der Waals surface area contributed by atoms with Gasteiger partial charge in [0, 0.05) is 11.3 Å². The Morgan fingerprint density at radius 3 is 2.08 bits per heavy atom. The number of nitriles is 1. The quantitative estimate of drug-likeness (QED) is 0.631. The van der Waals surface area contributed by atoms with Crippen molar-refractivity contribution in [2.24, 2.45) is 11.8 Å². The van der Waals surface area contributed by atoms with Gasteiger partial charge in [0.2, 0.25) is 0 Å². The molecule has 0 amide bonds. The summed E-state index contributed by atoms with van der Waals surface area (Å²) in [6, 6.07) is 18.3. The third-order valence-corrected chi connectivity index (χ3v) is 6.10. The van der Waals surface area contributed by atoms with E-state index in [0.29, 0.717) is 17.3 Å². The summed E-state index contributed by atoms with van der Waals surface area (Å²) >= 11 is 6.70. The van der Waals surface area contributed by atoms with Crippen molar-refractivity contribution < 1.29 is 4.79 Å². The maximum Gasteiger partial charge on any atom is 0.132 e. The van der Waals surface area contributed by atoms with Crippen LogP contribution in [0.2, 0.25) is 0 Å². The summed E-state index contributed by atoms with van der Waals surface area (Å²) in [5.74, 6) is 1.08. The number of halogens is 1. The molecule has 0 N–H and O–H groups in total. The van der Waals surface area contributed by atoms with Crippen LogP contribution < -0.4 is 0 Å². The SMILES string of the molecule is CC(=O)C1CCC(C(Cl)Cc2ccc(-c3ccc(C#N)cc3)cc2)CC1. The molecule has 3 rings (SSSR count). The van der Waals surface area contributed by atoms with Crippen LogP contribution in [0.25, 0.3) is 11.1 Å². The maximum atomic E-state index is 11.5. The van der Waals surface area contributed by atoms with Crippen molar-refractivity contribution in [1.29, 1.82) is 5.26 Å². The molecular weight excluding hydrogens is 342 g/mol. The molecule has 0 heterocycles. The highest BCUT2D eigenvalue weighted by molar-refractivity contribution is 6.20. The number of hydrogen-bond acceptors (Lipinski definition) is 2. The second-order valence-corrected chi connectivity index (χ2v) is 7.89. The van der Waals surface area contributed by atoms with Gasteiger partial charge in [0.1, 0.15) is 5.78 Å². The number of benzene rings is 2. The van der Waals surface area contributed by atoms with Crippen LogP contribution in [-0.4, -0.2) is 11.2 Å². The molecule has 134 valence electrons. The second kappa shape index (κ2) is 8.52. The van der Waals surface area contributed by atoms with Crippen LogP contribution in [0, 0.1) is 23.2 Å². The molecule has 0 bridgehead atoms. The second-order valence-electron chi connectivity index (χ2n) is 7.33. The molecule has 0 spiro atoms.